The van der Waals surface area contributed by atoms with Crippen molar-refractivity contribution in [3.63, 3.8) is 0 Å². The molecule has 0 spiro atoms. The number of hydrogen-bond acceptors (Lipinski definition) is 3. The van der Waals surface area contributed by atoms with Crippen LogP contribution in [0.3, 0.4) is 0 Å². The van der Waals surface area contributed by atoms with Crippen LogP contribution in [0.25, 0.3) is 0 Å². The molecule has 0 aromatic heterocycles. The average molecular weight is 333 g/mol. The topological polar surface area (TPSA) is 63.4 Å². The molecule has 4 nitrogen and oxygen atoms in total. The smallest absolute Gasteiger partial charge is 0.244 e. The fourth-order valence-electron chi connectivity index (χ4n) is 2.15. The molecule has 1 fully saturated rings. The maximum absolute atomic E-state index is 12.5. The van der Waals surface area contributed by atoms with E-state index in [0.29, 0.717) is 28.1 Å². The number of nitrogen functional groups attached to an aromatic ring is 1. The van der Waals surface area contributed by atoms with Crippen LogP contribution >= 0.6 is 15.9 Å². The molecule has 0 bridgehead atoms. The van der Waals surface area contributed by atoms with Crippen molar-refractivity contribution in [1.82, 2.24) is 4.31 Å². The quantitative estimate of drug-likeness (QED) is 0.846. The van der Waals surface area contributed by atoms with Gasteiger partial charge in [0.1, 0.15) is 0 Å². The van der Waals surface area contributed by atoms with E-state index in [2.05, 4.69) is 15.9 Å². The van der Waals surface area contributed by atoms with E-state index in [1.807, 2.05) is 0 Å². The first kappa shape index (κ1) is 13.8. The number of sulfonamides is 1. The van der Waals surface area contributed by atoms with Crippen LogP contribution in [0.2, 0.25) is 0 Å². The maximum atomic E-state index is 12.5. The summed E-state index contributed by atoms with van der Waals surface area (Å²) < 4.78 is 27.2. The zero-order valence-corrected chi connectivity index (χ0v) is 12.5. The van der Waals surface area contributed by atoms with Crippen LogP contribution in [-0.4, -0.2) is 25.8 Å². The van der Waals surface area contributed by atoms with E-state index in [-0.39, 0.29) is 0 Å². The van der Waals surface area contributed by atoms with E-state index >= 15 is 0 Å². The van der Waals surface area contributed by atoms with Crippen molar-refractivity contribution in [2.45, 2.75) is 30.6 Å². The maximum Gasteiger partial charge on any atom is 0.244 e. The predicted octanol–water partition coefficient (Wildman–Crippen LogP) is 2.60. The summed E-state index contributed by atoms with van der Waals surface area (Å²) >= 11 is 3.28. The lowest BCUT2D eigenvalue weighted by Crippen LogP contribution is -2.32. The molecule has 1 saturated heterocycles. The zero-order chi connectivity index (χ0) is 13.2. The second-order valence-corrected chi connectivity index (χ2v) is 7.27. The summed E-state index contributed by atoms with van der Waals surface area (Å²) in [5, 5.41) is 0. The summed E-state index contributed by atoms with van der Waals surface area (Å²) in [6.07, 6.45) is 4.08. The highest BCUT2D eigenvalue weighted by Crippen LogP contribution is 2.28. The summed E-state index contributed by atoms with van der Waals surface area (Å²) in [4.78, 5) is 0.304. The lowest BCUT2D eigenvalue weighted by Gasteiger charge is -2.20. The van der Waals surface area contributed by atoms with Crippen LogP contribution < -0.4 is 5.73 Å². The van der Waals surface area contributed by atoms with Crippen molar-refractivity contribution < 1.29 is 8.42 Å². The minimum absolute atomic E-state index is 0.304. The number of halogens is 1. The second-order valence-electron chi connectivity index (χ2n) is 4.51. The van der Waals surface area contributed by atoms with Crippen molar-refractivity contribution in [2.75, 3.05) is 18.8 Å². The molecule has 0 unspecified atom stereocenters. The molecule has 0 aliphatic carbocycles. The summed E-state index contributed by atoms with van der Waals surface area (Å²) in [5.41, 5.74) is 6.19. The van der Waals surface area contributed by atoms with Gasteiger partial charge in [-0.15, -0.1) is 0 Å². The number of anilines is 1. The molecule has 0 radical (unpaired) electrons. The Kier molecular flexibility index (Phi) is 4.29. The lowest BCUT2D eigenvalue weighted by molar-refractivity contribution is 0.423. The van der Waals surface area contributed by atoms with Crippen LogP contribution in [0.4, 0.5) is 5.69 Å². The number of benzene rings is 1. The standard InChI is InChI=1S/C12H17BrN2O2S/c13-11-9-10(14)5-6-12(11)18(16,17)15-7-3-1-2-4-8-15/h5-6,9H,1-4,7-8,14H2. The van der Waals surface area contributed by atoms with Gasteiger partial charge in [-0.2, -0.15) is 4.31 Å². The van der Waals surface area contributed by atoms with Crippen molar-refractivity contribution in [3.8, 4) is 0 Å². The fourth-order valence-corrected chi connectivity index (χ4v) is 4.72. The second kappa shape index (κ2) is 5.59. The van der Waals surface area contributed by atoms with Gasteiger partial charge in [-0.05, 0) is 47.0 Å². The number of rotatable bonds is 2. The van der Waals surface area contributed by atoms with Gasteiger partial charge in [0.2, 0.25) is 10.0 Å². The molecule has 0 amide bonds. The average Bonchev–Trinajstić information content (AvgIpc) is 2.57. The number of nitrogens with two attached hydrogens (primary N) is 1. The van der Waals surface area contributed by atoms with E-state index in [1.165, 1.54) is 0 Å². The predicted molar refractivity (Wildman–Crippen MR) is 75.8 cm³/mol. The molecule has 1 aromatic rings. The molecule has 2 rings (SSSR count). The lowest BCUT2D eigenvalue weighted by atomic mass is 10.2. The van der Waals surface area contributed by atoms with Crippen molar-refractivity contribution in [3.05, 3.63) is 22.7 Å². The Labute approximate surface area is 116 Å². The Balaban J connectivity index is 2.34. The molecule has 2 N–H and O–H groups in total. The normalized spacial score (nSPS) is 18.5. The minimum Gasteiger partial charge on any atom is -0.399 e. The van der Waals surface area contributed by atoms with E-state index in [4.69, 9.17) is 5.73 Å². The van der Waals surface area contributed by atoms with Crippen molar-refractivity contribution in [2.24, 2.45) is 0 Å². The molecule has 0 saturated carbocycles. The Morgan fingerprint density at radius 3 is 2.28 bits per heavy atom. The van der Waals surface area contributed by atoms with Crippen LogP contribution in [0, 0.1) is 0 Å². The largest absolute Gasteiger partial charge is 0.399 e. The van der Waals surface area contributed by atoms with Gasteiger partial charge in [0.05, 0.1) is 4.90 Å². The zero-order valence-electron chi connectivity index (χ0n) is 10.1. The van der Waals surface area contributed by atoms with Gasteiger partial charge in [0.15, 0.2) is 0 Å². The van der Waals surface area contributed by atoms with Crippen LogP contribution in [0.15, 0.2) is 27.6 Å². The molecule has 1 aliphatic heterocycles. The van der Waals surface area contributed by atoms with Crippen LogP contribution in [0.5, 0.6) is 0 Å². The summed E-state index contributed by atoms with van der Waals surface area (Å²) in [6, 6.07) is 4.82. The molecule has 1 aliphatic rings. The third kappa shape index (κ3) is 2.87. The highest BCUT2D eigenvalue weighted by Gasteiger charge is 2.26. The first-order chi connectivity index (χ1) is 8.51. The molecule has 1 heterocycles. The summed E-state index contributed by atoms with van der Waals surface area (Å²) in [5.74, 6) is 0. The minimum atomic E-state index is -3.40. The third-order valence-corrected chi connectivity index (χ3v) is 6.01. The highest BCUT2D eigenvalue weighted by atomic mass is 79.9. The van der Waals surface area contributed by atoms with Gasteiger partial charge in [0, 0.05) is 23.2 Å². The van der Waals surface area contributed by atoms with E-state index in [9.17, 15) is 8.42 Å². The van der Waals surface area contributed by atoms with Crippen LogP contribution in [0.1, 0.15) is 25.7 Å². The van der Waals surface area contributed by atoms with E-state index < -0.39 is 10.0 Å². The van der Waals surface area contributed by atoms with E-state index in [0.717, 1.165) is 25.7 Å². The molecule has 100 valence electrons. The fraction of sp³-hybridized carbons (Fsp3) is 0.500. The van der Waals surface area contributed by atoms with Crippen LogP contribution in [-0.2, 0) is 10.0 Å². The highest BCUT2D eigenvalue weighted by molar-refractivity contribution is 9.10. The third-order valence-electron chi connectivity index (χ3n) is 3.14. The van der Waals surface area contributed by atoms with Gasteiger partial charge in [0.25, 0.3) is 0 Å². The van der Waals surface area contributed by atoms with Gasteiger partial charge >= 0.3 is 0 Å². The van der Waals surface area contributed by atoms with E-state index in [1.54, 1.807) is 22.5 Å². The van der Waals surface area contributed by atoms with Crippen molar-refractivity contribution >= 4 is 31.6 Å². The first-order valence-electron chi connectivity index (χ1n) is 6.07. The first-order valence-corrected chi connectivity index (χ1v) is 8.30. The van der Waals surface area contributed by atoms with Crippen molar-refractivity contribution in [1.29, 1.82) is 0 Å². The Bertz CT molecular complexity index is 523. The summed E-state index contributed by atoms with van der Waals surface area (Å²) in [6.45, 7) is 1.22. The number of nitrogens with zero attached hydrogens (tertiary/aromatic N) is 1. The Morgan fingerprint density at radius 1 is 1.11 bits per heavy atom. The molecule has 6 heteroatoms. The monoisotopic (exact) mass is 332 g/mol. The molecular formula is C12H17BrN2O2S. The van der Waals surface area contributed by atoms with Gasteiger partial charge in [-0.25, -0.2) is 8.42 Å². The SMILES string of the molecule is Nc1ccc(S(=O)(=O)N2CCCCCC2)c(Br)c1. The molecule has 1 aromatic carbocycles. The molecule has 0 atom stereocenters. The van der Waals surface area contributed by atoms with Gasteiger partial charge in [-0.1, -0.05) is 12.8 Å². The Hall–Kier alpha value is -0.590. The summed E-state index contributed by atoms with van der Waals surface area (Å²) in [7, 11) is -3.40. The Morgan fingerprint density at radius 2 is 1.72 bits per heavy atom. The van der Waals surface area contributed by atoms with Gasteiger partial charge in [-0.3, -0.25) is 0 Å². The molecule has 18 heavy (non-hydrogen) atoms. The van der Waals surface area contributed by atoms with Gasteiger partial charge < -0.3 is 5.73 Å². The molecular weight excluding hydrogens is 316 g/mol. The number of hydrogen-bond donors (Lipinski definition) is 1.